The number of H-pyrrole nitrogens is 2. The van der Waals surface area contributed by atoms with E-state index in [2.05, 4.69) is 56.1 Å². The Balaban J connectivity index is 1.24. The molecule has 0 bridgehead atoms. The highest BCUT2D eigenvalue weighted by Gasteiger charge is 2.37. The number of hydrogen-bond donors (Lipinski definition) is 2. The van der Waals surface area contributed by atoms with Gasteiger partial charge in [-0.2, -0.15) is 5.10 Å². The summed E-state index contributed by atoms with van der Waals surface area (Å²) in [4.78, 5) is 24.9. The Labute approximate surface area is 224 Å². The van der Waals surface area contributed by atoms with Gasteiger partial charge in [-0.25, -0.2) is 4.98 Å². The van der Waals surface area contributed by atoms with E-state index in [1.165, 1.54) is 29.0 Å². The van der Waals surface area contributed by atoms with Crippen molar-refractivity contribution in [3.63, 3.8) is 0 Å². The summed E-state index contributed by atoms with van der Waals surface area (Å²) < 4.78 is 6.25. The van der Waals surface area contributed by atoms with Gasteiger partial charge in [-0.1, -0.05) is 6.42 Å². The quantitative estimate of drug-likeness (QED) is 0.284. The largest absolute Gasteiger partial charge is 0.489 e. The Morgan fingerprint density at radius 1 is 1.08 bits per heavy atom. The van der Waals surface area contributed by atoms with Crippen LogP contribution in [0.3, 0.4) is 0 Å². The van der Waals surface area contributed by atoms with Gasteiger partial charge in [0.05, 0.1) is 47.4 Å². The number of imidazole rings is 1. The smallest absolute Gasteiger partial charge is 0.159 e. The standard InChI is InChI=1S/C29H29N7OS/c1-17-8-9-25(38-17)29(2)16-31-14-24-27(29)34-28(33-24)26-21-11-22(32-15-23(21)35-36-26)18-10-20(13-30-12-18)37-19-6-4-3-5-7-19/h8-15,19H,3-7,16H2,1-2H3,(H,33,34)(H,35,36). The molecule has 38 heavy (non-hydrogen) atoms. The van der Waals surface area contributed by atoms with Gasteiger partial charge in [-0.15, -0.1) is 11.3 Å². The third-order valence-electron chi connectivity index (χ3n) is 7.72. The van der Waals surface area contributed by atoms with Crippen molar-refractivity contribution < 1.29 is 4.74 Å². The molecule has 0 radical (unpaired) electrons. The average Bonchev–Trinajstić information content (AvgIpc) is 3.68. The molecule has 2 aliphatic rings. The monoisotopic (exact) mass is 523 g/mol. The van der Waals surface area contributed by atoms with Crippen LogP contribution >= 0.6 is 11.3 Å². The lowest BCUT2D eigenvalue weighted by Gasteiger charge is -2.28. The number of thiophene rings is 1. The molecule has 0 spiro atoms. The van der Waals surface area contributed by atoms with Crippen LogP contribution in [0.1, 0.15) is 60.2 Å². The number of pyridine rings is 2. The maximum atomic E-state index is 6.25. The van der Waals surface area contributed by atoms with Crippen molar-refractivity contribution >= 4 is 28.5 Å². The first-order valence-corrected chi connectivity index (χ1v) is 14.0. The number of aromatic nitrogens is 6. The van der Waals surface area contributed by atoms with Gasteiger partial charge in [0.1, 0.15) is 17.1 Å². The Morgan fingerprint density at radius 2 is 1.97 bits per heavy atom. The fraction of sp³-hybridized carbons (Fsp3) is 0.345. The molecule has 9 heteroatoms. The zero-order chi connectivity index (χ0) is 25.7. The number of nitrogens with zero attached hydrogens (tertiary/aromatic N) is 5. The van der Waals surface area contributed by atoms with Gasteiger partial charge in [0.2, 0.25) is 0 Å². The van der Waals surface area contributed by atoms with Crippen LogP contribution < -0.4 is 4.74 Å². The molecule has 2 N–H and O–H groups in total. The highest BCUT2D eigenvalue weighted by molar-refractivity contribution is 7.12. The maximum Gasteiger partial charge on any atom is 0.159 e. The lowest BCUT2D eigenvalue weighted by Crippen LogP contribution is -2.30. The minimum Gasteiger partial charge on any atom is -0.489 e. The molecule has 1 aliphatic heterocycles. The SMILES string of the molecule is Cc1ccc(C2(C)CN=Cc3nc(-c4n[nH]c5cnc(-c6cncc(OC7CCCCC7)c6)cc45)[nH]c32)s1. The predicted octanol–water partition coefficient (Wildman–Crippen LogP) is 6.23. The summed E-state index contributed by atoms with van der Waals surface area (Å²) in [7, 11) is 0. The van der Waals surface area contributed by atoms with Gasteiger partial charge in [-0.3, -0.25) is 20.1 Å². The zero-order valence-corrected chi connectivity index (χ0v) is 22.3. The van der Waals surface area contributed by atoms with Gasteiger partial charge in [0, 0.05) is 33.1 Å². The van der Waals surface area contributed by atoms with Crippen LogP contribution in [0.15, 0.2) is 47.8 Å². The van der Waals surface area contributed by atoms with Crippen LogP contribution in [0.2, 0.25) is 0 Å². The van der Waals surface area contributed by atoms with Gasteiger partial charge in [-0.05, 0) is 63.8 Å². The van der Waals surface area contributed by atoms with Gasteiger partial charge in [0.25, 0.3) is 0 Å². The lowest BCUT2D eigenvalue weighted by molar-refractivity contribution is 0.154. The molecule has 1 aliphatic carbocycles. The summed E-state index contributed by atoms with van der Waals surface area (Å²) in [5.41, 5.74) is 5.04. The summed E-state index contributed by atoms with van der Waals surface area (Å²) in [5.74, 6) is 1.52. The number of rotatable bonds is 5. The molecule has 7 rings (SSSR count). The molecular formula is C29H29N7OS. The molecule has 6 heterocycles. The molecule has 5 aromatic rings. The number of nitrogens with one attached hydrogen (secondary N) is 2. The second-order valence-corrected chi connectivity index (χ2v) is 11.8. The first-order chi connectivity index (χ1) is 18.6. The molecule has 8 nitrogen and oxygen atoms in total. The van der Waals surface area contributed by atoms with Gasteiger partial charge >= 0.3 is 0 Å². The predicted molar refractivity (Wildman–Crippen MR) is 150 cm³/mol. The van der Waals surface area contributed by atoms with E-state index in [-0.39, 0.29) is 11.5 Å². The van der Waals surface area contributed by atoms with Crippen LogP contribution in [0.4, 0.5) is 0 Å². The minimum absolute atomic E-state index is 0.252. The van der Waals surface area contributed by atoms with E-state index in [0.717, 1.165) is 63.7 Å². The van der Waals surface area contributed by atoms with Crippen LogP contribution in [0.25, 0.3) is 33.7 Å². The number of fused-ring (bicyclic) bond motifs is 2. The topological polar surface area (TPSA) is 105 Å². The van der Waals surface area contributed by atoms with Crippen LogP contribution in [-0.4, -0.2) is 49.0 Å². The molecule has 1 fully saturated rings. The van der Waals surface area contributed by atoms with Crippen molar-refractivity contribution in [2.24, 2.45) is 4.99 Å². The number of ether oxygens (including phenoxy) is 1. The average molecular weight is 524 g/mol. The van der Waals surface area contributed by atoms with Crippen molar-refractivity contribution in [1.29, 1.82) is 0 Å². The Bertz CT molecular complexity index is 1660. The van der Waals surface area contributed by atoms with Crippen LogP contribution in [0.5, 0.6) is 5.75 Å². The molecule has 0 saturated heterocycles. The summed E-state index contributed by atoms with van der Waals surface area (Å²) in [6.45, 7) is 5.05. The molecule has 1 unspecified atom stereocenters. The third-order valence-corrected chi connectivity index (χ3v) is 8.99. The summed E-state index contributed by atoms with van der Waals surface area (Å²) >= 11 is 1.81. The second-order valence-electron chi connectivity index (χ2n) is 10.5. The summed E-state index contributed by atoms with van der Waals surface area (Å²) in [5, 5.41) is 8.69. The van der Waals surface area contributed by atoms with E-state index in [1.807, 2.05) is 42.1 Å². The molecule has 0 aromatic carbocycles. The maximum absolute atomic E-state index is 6.25. The molecule has 192 valence electrons. The lowest BCUT2D eigenvalue weighted by atomic mass is 9.82. The number of aliphatic imine (C=N–C) groups is 1. The van der Waals surface area contributed by atoms with E-state index in [4.69, 9.17) is 9.72 Å². The molecular weight excluding hydrogens is 494 g/mol. The Kier molecular flexibility index (Phi) is 5.61. The number of aryl methyl sites for hydroxylation is 1. The summed E-state index contributed by atoms with van der Waals surface area (Å²) in [6.07, 6.45) is 13.6. The van der Waals surface area contributed by atoms with Crippen molar-refractivity contribution in [2.45, 2.75) is 57.5 Å². The normalized spacial score (nSPS) is 19.6. The van der Waals surface area contributed by atoms with Crippen molar-refractivity contribution in [3.05, 3.63) is 64.0 Å². The minimum atomic E-state index is -0.252. The summed E-state index contributed by atoms with van der Waals surface area (Å²) in [6, 6.07) is 8.45. The molecule has 0 amide bonds. The van der Waals surface area contributed by atoms with Crippen molar-refractivity contribution in [2.75, 3.05) is 6.54 Å². The first kappa shape index (κ1) is 23.3. The fourth-order valence-electron chi connectivity index (χ4n) is 5.59. The van der Waals surface area contributed by atoms with E-state index in [1.54, 1.807) is 6.20 Å². The highest BCUT2D eigenvalue weighted by atomic mass is 32.1. The first-order valence-electron chi connectivity index (χ1n) is 13.2. The fourth-order valence-corrected chi connectivity index (χ4v) is 6.60. The number of hydrogen-bond acceptors (Lipinski definition) is 7. The Hall–Kier alpha value is -3.85. The van der Waals surface area contributed by atoms with E-state index >= 15 is 0 Å². The second kappa shape index (κ2) is 9.16. The van der Waals surface area contributed by atoms with Crippen LogP contribution in [-0.2, 0) is 5.41 Å². The molecule has 1 saturated carbocycles. The Morgan fingerprint density at radius 3 is 2.82 bits per heavy atom. The number of aromatic amines is 2. The van der Waals surface area contributed by atoms with Crippen molar-refractivity contribution in [3.8, 4) is 28.5 Å². The molecule has 1 atom stereocenters. The third kappa shape index (κ3) is 4.01. The highest BCUT2D eigenvalue weighted by Crippen LogP contribution is 2.40. The van der Waals surface area contributed by atoms with Crippen LogP contribution in [0, 0.1) is 6.92 Å². The van der Waals surface area contributed by atoms with E-state index in [9.17, 15) is 0 Å². The molecule has 5 aromatic heterocycles. The van der Waals surface area contributed by atoms with E-state index in [0.29, 0.717) is 6.54 Å². The van der Waals surface area contributed by atoms with E-state index < -0.39 is 0 Å². The zero-order valence-electron chi connectivity index (χ0n) is 21.5. The van der Waals surface area contributed by atoms with Gasteiger partial charge in [0.15, 0.2) is 5.82 Å². The van der Waals surface area contributed by atoms with Gasteiger partial charge < -0.3 is 9.72 Å². The van der Waals surface area contributed by atoms with Crippen molar-refractivity contribution in [1.82, 2.24) is 30.1 Å².